The molecule has 1 aliphatic heterocycles. The number of piperidine rings is 1. The smallest absolute Gasteiger partial charge is 0.343 e. The van der Waals surface area contributed by atoms with Crippen LogP contribution in [-0.2, 0) is 11.2 Å². The highest BCUT2D eigenvalue weighted by Crippen LogP contribution is 2.34. The average Bonchev–Trinajstić information content (AvgIpc) is 2.45. The molecule has 1 heterocycles. The quantitative estimate of drug-likeness (QED) is 0.788. The lowest BCUT2D eigenvalue weighted by atomic mass is 9.96. The van der Waals surface area contributed by atoms with E-state index in [0.717, 1.165) is 10.0 Å². The van der Waals surface area contributed by atoms with Gasteiger partial charge in [-0.25, -0.2) is 0 Å². The molecule has 116 valence electrons. The van der Waals surface area contributed by atoms with Gasteiger partial charge in [0.05, 0.1) is 5.92 Å². The van der Waals surface area contributed by atoms with Crippen LogP contribution in [0.5, 0.6) is 0 Å². The molecule has 0 saturated carbocycles. The topological polar surface area (TPSA) is 20.3 Å². The number of amides is 1. The average molecular weight is 364 g/mol. The molecule has 0 aliphatic carbocycles. The number of benzene rings is 1. The van der Waals surface area contributed by atoms with Gasteiger partial charge in [-0.3, -0.25) is 4.79 Å². The third-order valence-corrected chi connectivity index (χ3v) is 4.38. The molecule has 0 aromatic heterocycles. The minimum Gasteiger partial charge on any atom is -0.343 e. The number of nitrogens with zero attached hydrogens (tertiary/aromatic N) is 1. The van der Waals surface area contributed by atoms with Crippen molar-refractivity contribution in [3.63, 3.8) is 0 Å². The second-order valence-electron chi connectivity index (χ2n) is 5.32. The van der Waals surface area contributed by atoms with Crippen LogP contribution in [0.3, 0.4) is 0 Å². The highest BCUT2D eigenvalue weighted by atomic mass is 79.9. The molecule has 0 bridgehead atoms. The molecule has 1 aromatic rings. The van der Waals surface area contributed by atoms with Crippen molar-refractivity contribution in [3.05, 3.63) is 34.3 Å². The minimum absolute atomic E-state index is 0.0214. The van der Waals surface area contributed by atoms with Crippen molar-refractivity contribution in [1.29, 1.82) is 0 Å². The molecule has 0 unspecified atom stereocenters. The highest BCUT2D eigenvalue weighted by molar-refractivity contribution is 9.10. The van der Waals surface area contributed by atoms with E-state index in [0.29, 0.717) is 12.8 Å². The van der Waals surface area contributed by atoms with Gasteiger partial charge in [0.1, 0.15) is 0 Å². The summed E-state index contributed by atoms with van der Waals surface area (Å²) in [6.07, 6.45) is -3.13. The first kappa shape index (κ1) is 16.3. The standard InChI is InChI=1S/C15H17BrF3NO/c16-13-4-1-11(2-5-13)3-6-14(21)20-9-7-12(8-10-20)15(17,18)19/h1-2,4-5,12H,3,6-10H2. The van der Waals surface area contributed by atoms with Crippen LogP contribution in [0.4, 0.5) is 13.2 Å². The van der Waals surface area contributed by atoms with Crippen LogP contribution in [0.1, 0.15) is 24.8 Å². The first-order valence-corrected chi connectivity index (χ1v) is 7.74. The lowest BCUT2D eigenvalue weighted by Crippen LogP contribution is -2.42. The van der Waals surface area contributed by atoms with Crippen LogP contribution in [0.15, 0.2) is 28.7 Å². The van der Waals surface area contributed by atoms with E-state index in [1.807, 2.05) is 24.3 Å². The molecule has 1 fully saturated rings. The molecule has 6 heteroatoms. The molecule has 1 amide bonds. The molecule has 0 atom stereocenters. The lowest BCUT2D eigenvalue weighted by Gasteiger charge is -2.33. The summed E-state index contributed by atoms with van der Waals surface area (Å²) in [5.74, 6) is -1.31. The number of aryl methyl sites for hydroxylation is 1. The van der Waals surface area contributed by atoms with E-state index in [4.69, 9.17) is 0 Å². The Bertz CT molecular complexity index is 479. The van der Waals surface area contributed by atoms with E-state index in [1.54, 1.807) is 4.90 Å². The Morgan fingerprint density at radius 3 is 2.29 bits per heavy atom. The van der Waals surface area contributed by atoms with Gasteiger partial charge in [0.25, 0.3) is 0 Å². The third kappa shape index (κ3) is 4.73. The number of carbonyl (C=O) groups excluding carboxylic acids is 1. The van der Waals surface area contributed by atoms with Gasteiger partial charge in [0.15, 0.2) is 0 Å². The van der Waals surface area contributed by atoms with Crippen molar-refractivity contribution >= 4 is 21.8 Å². The van der Waals surface area contributed by atoms with E-state index in [9.17, 15) is 18.0 Å². The minimum atomic E-state index is -4.13. The summed E-state index contributed by atoms with van der Waals surface area (Å²) < 4.78 is 38.7. The Morgan fingerprint density at radius 2 is 1.76 bits per heavy atom. The number of alkyl halides is 3. The van der Waals surface area contributed by atoms with Gasteiger partial charge in [0.2, 0.25) is 5.91 Å². The second-order valence-corrected chi connectivity index (χ2v) is 6.24. The molecule has 2 nitrogen and oxygen atoms in total. The number of rotatable bonds is 3. The van der Waals surface area contributed by atoms with E-state index in [2.05, 4.69) is 15.9 Å². The van der Waals surface area contributed by atoms with Crippen molar-refractivity contribution in [2.24, 2.45) is 5.92 Å². The Balaban J connectivity index is 1.78. The van der Waals surface area contributed by atoms with Crippen molar-refractivity contribution in [1.82, 2.24) is 4.90 Å². The molecule has 2 rings (SSSR count). The summed E-state index contributed by atoms with van der Waals surface area (Å²) in [6, 6.07) is 7.70. The van der Waals surface area contributed by atoms with Gasteiger partial charge < -0.3 is 4.90 Å². The second kappa shape index (κ2) is 6.81. The van der Waals surface area contributed by atoms with Crippen LogP contribution in [0.25, 0.3) is 0 Å². The van der Waals surface area contributed by atoms with Gasteiger partial charge in [-0.05, 0) is 37.0 Å². The number of carbonyl (C=O) groups is 1. The SMILES string of the molecule is O=C(CCc1ccc(Br)cc1)N1CCC(C(F)(F)F)CC1. The van der Waals surface area contributed by atoms with Gasteiger partial charge in [-0.15, -0.1) is 0 Å². The maximum atomic E-state index is 12.6. The summed E-state index contributed by atoms with van der Waals surface area (Å²) in [5.41, 5.74) is 1.05. The molecule has 1 aromatic carbocycles. The zero-order valence-corrected chi connectivity index (χ0v) is 13.1. The Hall–Kier alpha value is -1.04. The molecule has 21 heavy (non-hydrogen) atoms. The normalized spacial score (nSPS) is 17.0. The summed E-state index contributed by atoms with van der Waals surface area (Å²) >= 11 is 3.34. The predicted molar refractivity (Wildman–Crippen MR) is 77.8 cm³/mol. The largest absolute Gasteiger partial charge is 0.391 e. The Labute approximate surface area is 130 Å². The van der Waals surface area contributed by atoms with E-state index < -0.39 is 12.1 Å². The zero-order valence-electron chi connectivity index (χ0n) is 11.5. The number of hydrogen-bond acceptors (Lipinski definition) is 1. The molecule has 0 radical (unpaired) electrons. The fourth-order valence-corrected chi connectivity index (χ4v) is 2.78. The van der Waals surface area contributed by atoms with Crippen LogP contribution < -0.4 is 0 Å². The lowest BCUT2D eigenvalue weighted by molar-refractivity contribution is -0.186. The van der Waals surface area contributed by atoms with Crippen molar-refractivity contribution in [2.75, 3.05) is 13.1 Å². The van der Waals surface area contributed by atoms with Crippen LogP contribution >= 0.6 is 15.9 Å². The predicted octanol–water partition coefficient (Wildman–Crippen LogP) is 4.18. The third-order valence-electron chi connectivity index (χ3n) is 3.85. The molecule has 0 N–H and O–H groups in total. The van der Waals surface area contributed by atoms with Gasteiger partial charge in [-0.1, -0.05) is 28.1 Å². The molecular formula is C15H17BrF3NO. The number of likely N-dealkylation sites (tertiary alicyclic amines) is 1. The first-order valence-electron chi connectivity index (χ1n) is 6.95. The summed E-state index contributed by atoms with van der Waals surface area (Å²) in [6.45, 7) is 0.423. The summed E-state index contributed by atoms with van der Waals surface area (Å²) in [7, 11) is 0. The van der Waals surface area contributed by atoms with Crippen molar-refractivity contribution in [2.45, 2.75) is 31.9 Å². The monoisotopic (exact) mass is 363 g/mol. The fourth-order valence-electron chi connectivity index (χ4n) is 2.52. The maximum absolute atomic E-state index is 12.6. The first-order chi connectivity index (χ1) is 9.86. The Morgan fingerprint density at radius 1 is 1.19 bits per heavy atom. The molecule has 0 spiro atoms. The van der Waals surface area contributed by atoms with Gasteiger partial charge in [-0.2, -0.15) is 13.2 Å². The number of hydrogen-bond donors (Lipinski definition) is 0. The van der Waals surface area contributed by atoms with E-state index in [1.165, 1.54) is 0 Å². The summed E-state index contributed by atoms with van der Waals surface area (Å²) in [5, 5.41) is 0. The van der Waals surface area contributed by atoms with Crippen LogP contribution in [0, 0.1) is 5.92 Å². The van der Waals surface area contributed by atoms with Crippen LogP contribution in [0.2, 0.25) is 0 Å². The molecule has 1 saturated heterocycles. The van der Waals surface area contributed by atoms with Gasteiger partial charge in [0, 0.05) is 24.0 Å². The van der Waals surface area contributed by atoms with Crippen molar-refractivity contribution in [3.8, 4) is 0 Å². The highest BCUT2D eigenvalue weighted by Gasteiger charge is 2.41. The summed E-state index contributed by atoms with van der Waals surface area (Å²) in [4.78, 5) is 13.6. The van der Waals surface area contributed by atoms with E-state index >= 15 is 0 Å². The van der Waals surface area contributed by atoms with E-state index in [-0.39, 0.29) is 31.8 Å². The molecular weight excluding hydrogens is 347 g/mol. The van der Waals surface area contributed by atoms with Gasteiger partial charge >= 0.3 is 6.18 Å². The molecule has 1 aliphatic rings. The fraction of sp³-hybridized carbons (Fsp3) is 0.533. The maximum Gasteiger partial charge on any atom is 0.391 e. The zero-order chi connectivity index (χ0) is 15.5. The van der Waals surface area contributed by atoms with Crippen LogP contribution in [-0.4, -0.2) is 30.1 Å². The number of halogens is 4. The van der Waals surface area contributed by atoms with Crippen molar-refractivity contribution < 1.29 is 18.0 Å². The Kier molecular flexibility index (Phi) is 5.30.